The van der Waals surface area contributed by atoms with Crippen molar-refractivity contribution in [1.82, 2.24) is 14.8 Å². The summed E-state index contributed by atoms with van der Waals surface area (Å²) in [5.74, 6) is 0.701. The van der Waals surface area contributed by atoms with Gasteiger partial charge in [0.1, 0.15) is 11.9 Å². The molecule has 30 heavy (non-hydrogen) atoms. The molecule has 0 saturated carbocycles. The fraction of sp³-hybridized carbons (Fsp3) is 0.429. The molecule has 2 aliphatic heterocycles. The number of hydrogen-bond donors (Lipinski definition) is 1. The normalized spacial score (nSPS) is 22.1. The first-order valence-corrected chi connectivity index (χ1v) is 10.8. The minimum absolute atomic E-state index is 0.0152. The quantitative estimate of drug-likeness (QED) is 0.696. The fourth-order valence-corrected chi connectivity index (χ4v) is 5.05. The first kappa shape index (κ1) is 21.5. The van der Waals surface area contributed by atoms with Crippen molar-refractivity contribution < 1.29 is 9.53 Å². The Balaban J connectivity index is 1.56. The van der Waals surface area contributed by atoms with E-state index in [1.54, 1.807) is 43.5 Å². The standard InChI is InChI=1S/C21H22Cl3N3O3/c1-30-16-7-5-14(6-8-16)19(29)25-20(21(22,23)24)26-10-13-9-15(12-26)17-3-2-4-18(28)27(17)11-13/h2-8,13,15,20H,9-12H2,1H3,(H,25,29). The van der Waals surface area contributed by atoms with Gasteiger partial charge < -0.3 is 14.6 Å². The summed E-state index contributed by atoms with van der Waals surface area (Å²) in [5.41, 5.74) is 1.46. The molecule has 0 radical (unpaired) electrons. The Morgan fingerprint density at radius 3 is 2.53 bits per heavy atom. The van der Waals surface area contributed by atoms with Gasteiger partial charge in [-0.2, -0.15) is 0 Å². The molecular formula is C21H22Cl3N3O3. The highest BCUT2D eigenvalue weighted by molar-refractivity contribution is 6.68. The molecule has 6 nitrogen and oxygen atoms in total. The Bertz CT molecular complexity index is 987. The van der Waals surface area contributed by atoms with Crippen molar-refractivity contribution in [3.8, 4) is 5.75 Å². The van der Waals surface area contributed by atoms with Crippen LogP contribution in [0.15, 0.2) is 47.3 Å². The van der Waals surface area contributed by atoms with Crippen LogP contribution >= 0.6 is 34.8 Å². The molecule has 1 N–H and O–H groups in total. The van der Waals surface area contributed by atoms with Crippen LogP contribution in [0.5, 0.6) is 5.75 Å². The fourth-order valence-electron chi connectivity index (χ4n) is 4.47. The number of nitrogens with zero attached hydrogens (tertiary/aromatic N) is 2. The van der Waals surface area contributed by atoms with Crippen molar-refractivity contribution in [3.63, 3.8) is 0 Å². The maximum absolute atomic E-state index is 12.8. The first-order valence-electron chi connectivity index (χ1n) is 9.71. The Morgan fingerprint density at radius 1 is 1.13 bits per heavy atom. The Labute approximate surface area is 189 Å². The summed E-state index contributed by atoms with van der Waals surface area (Å²) in [7, 11) is 1.56. The maximum Gasteiger partial charge on any atom is 0.252 e. The maximum atomic E-state index is 12.8. The summed E-state index contributed by atoms with van der Waals surface area (Å²) >= 11 is 18.9. The minimum Gasteiger partial charge on any atom is -0.497 e. The molecule has 3 atom stereocenters. The highest BCUT2D eigenvalue weighted by atomic mass is 35.6. The van der Waals surface area contributed by atoms with Gasteiger partial charge in [0.15, 0.2) is 0 Å². The van der Waals surface area contributed by atoms with Crippen molar-refractivity contribution in [2.75, 3.05) is 20.2 Å². The number of carbonyl (C=O) groups is 1. The molecule has 1 aromatic carbocycles. The largest absolute Gasteiger partial charge is 0.497 e. The van der Waals surface area contributed by atoms with E-state index in [1.807, 2.05) is 15.5 Å². The second kappa shape index (κ2) is 8.42. The molecule has 1 aromatic heterocycles. The molecule has 4 rings (SSSR count). The van der Waals surface area contributed by atoms with Crippen molar-refractivity contribution in [1.29, 1.82) is 0 Å². The molecule has 3 unspecified atom stereocenters. The number of ether oxygens (including phenoxy) is 1. The van der Waals surface area contributed by atoms with Gasteiger partial charge in [0.25, 0.3) is 11.5 Å². The zero-order valence-corrected chi connectivity index (χ0v) is 18.6. The van der Waals surface area contributed by atoms with E-state index in [4.69, 9.17) is 39.5 Å². The number of hydrogen-bond acceptors (Lipinski definition) is 4. The van der Waals surface area contributed by atoms with Crippen molar-refractivity contribution in [2.45, 2.75) is 28.8 Å². The molecular weight excluding hydrogens is 449 g/mol. The molecule has 2 bridgehead atoms. The molecule has 160 valence electrons. The summed E-state index contributed by atoms with van der Waals surface area (Å²) < 4.78 is 5.26. The summed E-state index contributed by atoms with van der Waals surface area (Å²) in [6.07, 6.45) is 0.170. The predicted octanol–water partition coefficient (Wildman–Crippen LogP) is 3.40. The number of aromatic nitrogens is 1. The van der Waals surface area contributed by atoms with E-state index in [0.717, 1.165) is 12.1 Å². The number of alkyl halides is 3. The highest BCUT2D eigenvalue weighted by Crippen LogP contribution is 2.40. The zero-order chi connectivity index (χ0) is 21.5. The smallest absolute Gasteiger partial charge is 0.252 e. The van der Waals surface area contributed by atoms with Crippen LogP contribution in [0.3, 0.4) is 0 Å². The highest BCUT2D eigenvalue weighted by Gasteiger charge is 2.44. The average molecular weight is 471 g/mol. The summed E-state index contributed by atoms with van der Waals surface area (Å²) in [5, 5.41) is 2.89. The number of pyridine rings is 1. The van der Waals surface area contributed by atoms with Crippen LogP contribution in [0, 0.1) is 5.92 Å². The van der Waals surface area contributed by atoms with Crippen LogP contribution in [0.25, 0.3) is 0 Å². The van der Waals surface area contributed by atoms with Crippen LogP contribution in [0.4, 0.5) is 0 Å². The lowest BCUT2D eigenvalue weighted by Crippen LogP contribution is -2.60. The Hall–Kier alpha value is -1.73. The van der Waals surface area contributed by atoms with Gasteiger partial charge in [0.05, 0.1) is 7.11 Å². The topological polar surface area (TPSA) is 63.6 Å². The number of halogens is 3. The summed E-state index contributed by atoms with van der Waals surface area (Å²) in [4.78, 5) is 27.1. The molecule has 3 heterocycles. The molecule has 0 aliphatic carbocycles. The first-order chi connectivity index (χ1) is 14.3. The number of rotatable bonds is 4. The van der Waals surface area contributed by atoms with Crippen LogP contribution in [0.2, 0.25) is 0 Å². The van der Waals surface area contributed by atoms with E-state index in [2.05, 4.69) is 5.32 Å². The van der Waals surface area contributed by atoms with Crippen molar-refractivity contribution >= 4 is 40.7 Å². The lowest BCUT2D eigenvalue weighted by molar-refractivity contribution is 0.0586. The van der Waals surface area contributed by atoms with Crippen molar-refractivity contribution in [3.05, 3.63) is 64.1 Å². The van der Waals surface area contributed by atoms with E-state index in [0.29, 0.717) is 30.9 Å². The third-order valence-electron chi connectivity index (χ3n) is 5.80. The molecule has 0 spiro atoms. The van der Waals surface area contributed by atoms with Gasteiger partial charge >= 0.3 is 0 Å². The van der Waals surface area contributed by atoms with Crippen LogP contribution in [-0.4, -0.2) is 45.5 Å². The molecule has 2 aliphatic rings. The molecule has 1 amide bonds. The van der Waals surface area contributed by atoms with E-state index < -0.39 is 9.96 Å². The number of benzene rings is 1. The third-order valence-corrected chi connectivity index (χ3v) is 6.42. The van der Waals surface area contributed by atoms with Gasteiger partial charge in [-0.25, -0.2) is 0 Å². The van der Waals surface area contributed by atoms with E-state index in [9.17, 15) is 9.59 Å². The van der Waals surface area contributed by atoms with Gasteiger partial charge in [-0.15, -0.1) is 0 Å². The SMILES string of the molecule is COc1ccc(C(=O)NC(N2CC3CC(C2)c2cccc(=O)n2C3)C(Cl)(Cl)Cl)cc1. The number of piperidine rings is 1. The van der Waals surface area contributed by atoms with Gasteiger partial charge in [0, 0.05) is 42.9 Å². The van der Waals surface area contributed by atoms with E-state index in [1.165, 1.54) is 0 Å². The van der Waals surface area contributed by atoms with Crippen LogP contribution in [0.1, 0.15) is 28.4 Å². The number of nitrogens with one attached hydrogen (secondary N) is 1. The number of carbonyl (C=O) groups excluding carboxylic acids is 1. The summed E-state index contributed by atoms with van der Waals surface area (Å²) in [6.45, 7) is 1.83. The number of methoxy groups -OCH3 is 1. The average Bonchev–Trinajstić information content (AvgIpc) is 2.71. The van der Waals surface area contributed by atoms with E-state index >= 15 is 0 Å². The van der Waals surface area contributed by atoms with Crippen molar-refractivity contribution in [2.24, 2.45) is 5.92 Å². The zero-order valence-electron chi connectivity index (χ0n) is 16.4. The van der Waals surface area contributed by atoms with Gasteiger partial charge in [-0.1, -0.05) is 40.9 Å². The Kier molecular flexibility index (Phi) is 6.04. The second-order valence-electron chi connectivity index (χ2n) is 7.80. The molecule has 1 fully saturated rings. The monoisotopic (exact) mass is 469 g/mol. The van der Waals surface area contributed by atoms with Crippen LogP contribution < -0.4 is 15.6 Å². The Morgan fingerprint density at radius 2 is 1.87 bits per heavy atom. The molecule has 9 heteroatoms. The molecule has 1 saturated heterocycles. The second-order valence-corrected chi connectivity index (χ2v) is 10.2. The lowest BCUT2D eigenvalue weighted by Gasteiger charge is -2.47. The lowest BCUT2D eigenvalue weighted by atomic mass is 9.83. The van der Waals surface area contributed by atoms with Gasteiger partial charge in [-0.05, 0) is 42.7 Å². The van der Waals surface area contributed by atoms with Gasteiger partial charge in [-0.3, -0.25) is 14.5 Å². The molecule has 2 aromatic rings. The summed E-state index contributed by atoms with van der Waals surface area (Å²) in [6, 6.07) is 12.1. The van der Waals surface area contributed by atoms with Crippen LogP contribution in [-0.2, 0) is 6.54 Å². The predicted molar refractivity (Wildman–Crippen MR) is 118 cm³/mol. The third kappa shape index (κ3) is 4.33. The van der Waals surface area contributed by atoms with Gasteiger partial charge in [0.2, 0.25) is 3.79 Å². The number of fused-ring (bicyclic) bond motifs is 4. The minimum atomic E-state index is -1.72. The number of likely N-dealkylation sites (tertiary alicyclic amines) is 1. The number of amides is 1. The van der Waals surface area contributed by atoms with E-state index in [-0.39, 0.29) is 23.3 Å².